The number of hydrogen-bond acceptors (Lipinski definition) is 4. The summed E-state index contributed by atoms with van der Waals surface area (Å²) in [5.41, 5.74) is 0.718. The zero-order valence-corrected chi connectivity index (χ0v) is 15.5. The van der Waals surface area contributed by atoms with Gasteiger partial charge >= 0.3 is 0 Å². The maximum atomic E-state index is 12.4. The second-order valence-corrected chi connectivity index (χ2v) is 8.29. The molecule has 1 aromatic rings. The number of aromatic nitrogens is 2. The Bertz CT molecular complexity index is 663. The van der Waals surface area contributed by atoms with Crippen LogP contribution in [0.1, 0.15) is 52.1 Å². The normalized spacial score (nSPS) is 22.4. The van der Waals surface area contributed by atoms with E-state index < -0.39 is 0 Å². The van der Waals surface area contributed by atoms with Crippen molar-refractivity contribution < 1.29 is 9.53 Å². The molecule has 3 heterocycles. The topological polar surface area (TPSA) is 64.4 Å². The van der Waals surface area contributed by atoms with Gasteiger partial charge in [0.25, 0.3) is 11.5 Å². The molecule has 2 fully saturated rings. The summed E-state index contributed by atoms with van der Waals surface area (Å²) in [5, 5.41) is 0. The van der Waals surface area contributed by atoms with E-state index in [0.717, 1.165) is 44.5 Å². The lowest BCUT2D eigenvalue weighted by Crippen LogP contribution is -2.44. The Hall–Kier alpha value is -1.69. The van der Waals surface area contributed by atoms with Crippen LogP contribution in [0.3, 0.4) is 0 Å². The smallest absolute Gasteiger partial charge is 0.253 e. The molecular formula is C19H29N3O3. The van der Waals surface area contributed by atoms with Gasteiger partial charge in [-0.25, -0.2) is 4.98 Å². The molecule has 1 atom stereocenters. The summed E-state index contributed by atoms with van der Waals surface area (Å²) in [4.78, 5) is 31.1. The Labute approximate surface area is 149 Å². The molecule has 138 valence electrons. The van der Waals surface area contributed by atoms with E-state index in [2.05, 4.69) is 25.8 Å². The van der Waals surface area contributed by atoms with Crippen LogP contribution < -0.4 is 5.56 Å². The molecule has 3 rings (SSSR count). The molecule has 0 N–H and O–H groups in total. The van der Waals surface area contributed by atoms with Crippen molar-refractivity contribution in [2.45, 2.75) is 64.5 Å². The molecule has 6 heteroatoms. The quantitative estimate of drug-likeness (QED) is 0.838. The van der Waals surface area contributed by atoms with E-state index in [1.54, 1.807) is 17.0 Å². The van der Waals surface area contributed by atoms with Crippen LogP contribution in [-0.2, 0) is 21.5 Å². The molecule has 0 radical (unpaired) electrons. The number of likely N-dealkylation sites (tertiary alicyclic amines) is 1. The Balaban J connectivity index is 1.55. The van der Waals surface area contributed by atoms with Crippen LogP contribution in [0.4, 0.5) is 0 Å². The molecule has 0 aromatic carbocycles. The third-order valence-corrected chi connectivity index (χ3v) is 5.23. The van der Waals surface area contributed by atoms with E-state index in [1.807, 2.05) is 4.90 Å². The molecule has 1 unspecified atom stereocenters. The van der Waals surface area contributed by atoms with Crippen LogP contribution in [0.5, 0.6) is 0 Å². The van der Waals surface area contributed by atoms with Crippen molar-refractivity contribution >= 4 is 5.91 Å². The highest BCUT2D eigenvalue weighted by Crippen LogP contribution is 2.22. The van der Waals surface area contributed by atoms with Crippen LogP contribution in [0.25, 0.3) is 0 Å². The van der Waals surface area contributed by atoms with Crippen molar-refractivity contribution in [3.8, 4) is 0 Å². The predicted octanol–water partition coefficient (Wildman–Crippen LogP) is 1.96. The minimum atomic E-state index is -0.228. The maximum Gasteiger partial charge on any atom is 0.253 e. The standard InChI is InChI=1S/C19H29N3O3/c1-19(2,3)16-11-17(23)22(13-20-16)12-14-6-8-21(9-7-14)18(24)15-5-4-10-25-15/h11,13-15H,4-10,12H2,1-3H3. The van der Waals surface area contributed by atoms with E-state index in [4.69, 9.17) is 4.74 Å². The van der Waals surface area contributed by atoms with Gasteiger partial charge in [0.05, 0.1) is 12.0 Å². The second-order valence-electron chi connectivity index (χ2n) is 8.29. The van der Waals surface area contributed by atoms with E-state index in [-0.39, 0.29) is 23.0 Å². The van der Waals surface area contributed by atoms with Gasteiger partial charge in [-0.1, -0.05) is 20.8 Å². The number of ether oxygens (including phenoxy) is 1. The van der Waals surface area contributed by atoms with E-state index >= 15 is 0 Å². The second kappa shape index (κ2) is 7.28. The molecule has 0 saturated carbocycles. The molecule has 0 spiro atoms. The molecule has 0 bridgehead atoms. The van der Waals surface area contributed by atoms with Crippen molar-refractivity contribution in [3.63, 3.8) is 0 Å². The average Bonchev–Trinajstić information content (AvgIpc) is 3.10. The summed E-state index contributed by atoms with van der Waals surface area (Å²) in [6.45, 7) is 9.06. The van der Waals surface area contributed by atoms with Crippen molar-refractivity contribution in [3.05, 3.63) is 28.4 Å². The zero-order chi connectivity index (χ0) is 18.0. The zero-order valence-electron chi connectivity index (χ0n) is 15.5. The predicted molar refractivity (Wildman–Crippen MR) is 95.5 cm³/mol. The van der Waals surface area contributed by atoms with Crippen LogP contribution in [-0.4, -0.2) is 46.2 Å². The average molecular weight is 347 g/mol. The number of amides is 1. The minimum Gasteiger partial charge on any atom is -0.368 e. The Kier molecular flexibility index (Phi) is 5.27. The van der Waals surface area contributed by atoms with Crippen molar-refractivity contribution in [1.82, 2.24) is 14.5 Å². The monoisotopic (exact) mass is 347 g/mol. The number of carbonyl (C=O) groups is 1. The lowest BCUT2D eigenvalue weighted by atomic mass is 9.92. The van der Waals surface area contributed by atoms with Gasteiger partial charge in [0.15, 0.2) is 0 Å². The Morgan fingerprint density at radius 2 is 2.00 bits per heavy atom. The molecule has 2 aliphatic heterocycles. The highest BCUT2D eigenvalue weighted by molar-refractivity contribution is 5.81. The van der Waals surface area contributed by atoms with Crippen LogP contribution in [0.2, 0.25) is 0 Å². The summed E-state index contributed by atoms with van der Waals surface area (Å²) in [7, 11) is 0. The van der Waals surface area contributed by atoms with Gasteiger partial charge in [-0.3, -0.25) is 14.2 Å². The molecular weight excluding hydrogens is 318 g/mol. The van der Waals surface area contributed by atoms with Gasteiger partial charge in [-0.2, -0.15) is 0 Å². The van der Waals surface area contributed by atoms with E-state index in [1.165, 1.54) is 0 Å². The fourth-order valence-corrected chi connectivity index (χ4v) is 3.56. The fraction of sp³-hybridized carbons (Fsp3) is 0.737. The van der Waals surface area contributed by atoms with Gasteiger partial charge < -0.3 is 9.64 Å². The lowest BCUT2D eigenvalue weighted by molar-refractivity contribution is -0.142. The van der Waals surface area contributed by atoms with Gasteiger partial charge in [-0.15, -0.1) is 0 Å². The third-order valence-electron chi connectivity index (χ3n) is 5.23. The molecule has 2 saturated heterocycles. The molecule has 2 aliphatic rings. The molecule has 25 heavy (non-hydrogen) atoms. The van der Waals surface area contributed by atoms with Crippen molar-refractivity contribution in [2.24, 2.45) is 5.92 Å². The van der Waals surface area contributed by atoms with Gasteiger partial charge in [0.2, 0.25) is 0 Å². The highest BCUT2D eigenvalue weighted by atomic mass is 16.5. The SMILES string of the molecule is CC(C)(C)c1cc(=O)n(CC2CCN(C(=O)C3CCCO3)CC2)cn1. The molecule has 1 aromatic heterocycles. The van der Waals surface area contributed by atoms with Crippen LogP contribution in [0.15, 0.2) is 17.2 Å². The first kappa shape index (κ1) is 18.1. The van der Waals surface area contributed by atoms with Crippen molar-refractivity contribution in [2.75, 3.05) is 19.7 Å². The first-order valence-corrected chi connectivity index (χ1v) is 9.32. The van der Waals surface area contributed by atoms with E-state index in [0.29, 0.717) is 19.1 Å². The molecule has 1 amide bonds. The summed E-state index contributed by atoms with van der Waals surface area (Å²) in [5.74, 6) is 0.554. The summed E-state index contributed by atoms with van der Waals surface area (Å²) in [6.07, 6.45) is 5.12. The summed E-state index contributed by atoms with van der Waals surface area (Å²) in [6, 6.07) is 1.65. The van der Waals surface area contributed by atoms with Crippen LogP contribution in [0, 0.1) is 5.92 Å². The molecule has 0 aliphatic carbocycles. The fourth-order valence-electron chi connectivity index (χ4n) is 3.56. The van der Waals surface area contributed by atoms with E-state index in [9.17, 15) is 9.59 Å². The number of hydrogen-bond donors (Lipinski definition) is 0. The maximum absolute atomic E-state index is 12.4. The summed E-state index contributed by atoms with van der Waals surface area (Å²) < 4.78 is 7.21. The van der Waals surface area contributed by atoms with Gasteiger partial charge in [0.1, 0.15) is 6.10 Å². The Morgan fingerprint density at radius 1 is 1.28 bits per heavy atom. The highest BCUT2D eigenvalue weighted by Gasteiger charge is 2.31. The number of piperidine rings is 1. The largest absolute Gasteiger partial charge is 0.368 e. The first-order valence-electron chi connectivity index (χ1n) is 9.32. The molecule has 6 nitrogen and oxygen atoms in total. The van der Waals surface area contributed by atoms with Crippen molar-refractivity contribution in [1.29, 1.82) is 0 Å². The number of carbonyl (C=O) groups excluding carboxylic acids is 1. The number of rotatable bonds is 3. The lowest BCUT2D eigenvalue weighted by Gasteiger charge is -2.33. The van der Waals surface area contributed by atoms with Gasteiger partial charge in [0, 0.05) is 37.7 Å². The minimum absolute atomic E-state index is 0.0118. The number of nitrogens with zero attached hydrogens (tertiary/aromatic N) is 3. The van der Waals surface area contributed by atoms with Crippen LogP contribution >= 0.6 is 0 Å². The first-order chi connectivity index (χ1) is 11.8. The third kappa shape index (κ3) is 4.29. The Morgan fingerprint density at radius 3 is 2.56 bits per heavy atom. The summed E-state index contributed by atoms with van der Waals surface area (Å²) >= 11 is 0. The van der Waals surface area contributed by atoms with Gasteiger partial charge in [-0.05, 0) is 31.6 Å².